The zero-order valence-corrected chi connectivity index (χ0v) is 11.0. The highest BCUT2D eigenvalue weighted by Crippen LogP contribution is 2.17. The van der Waals surface area contributed by atoms with Gasteiger partial charge >= 0.3 is 6.17 Å². The second-order valence-electron chi connectivity index (χ2n) is 4.37. The first-order chi connectivity index (χ1) is 10.4. The lowest BCUT2D eigenvalue weighted by Crippen LogP contribution is -2.44. The van der Waals surface area contributed by atoms with Crippen molar-refractivity contribution in [2.45, 2.75) is 6.17 Å². The van der Waals surface area contributed by atoms with Gasteiger partial charge < -0.3 is 5.32 Å². The van der Waals surface area contributed by atoms with E-state index in [9.17, 15) is 29.8 Å². The average molecular weight is 306 g/mol. The van der Waals surface area contributed by atoms with E-state index in [0.717, 1.165) is 17.1 Å². The molecule has 10 nitrogen and oxygen atoms in total. The molecule has 114 valence electrons. The van der Waals surface area contributed by atoms with Crippen LogP contribution >= 0.6 is 0 Å². The highest BCUT2D eigenvalue weighted by atomic mass is 16.6. The predicted octanol–water partition coefficient (Wildman–Crippen LogP) is 0.534. The number of carbonyl (C=O) groups is 2. The van der Waals surface area contributed by atoms with Gasteiger partial charge in [-0.2, -0.15) is 0 Å². The number of nitrogens with zero attached hydrogens (tertiary/aromatic N) is 3. The highest BCUT2D eigenvalue weighted by Gasteiger charge is 2.31. The van der Waals surface area contributed by atoms with Crippen molar-refractivity contribution in [3.8, 4) is 0 Å². The van der Waals surface area contributed by atoms with Gasteiger partial charge in [0.1, 0.15) is 6.54 Å². The summed E-state index contributed by atoms with van der Waals surface area (Å²) in [5.74, 6) is -1.25. The molecule has 1 atom stereocenters. The number of imide groups is 1. The lowest BCUT2D eigenvalue weighted by Gasteiger charge is -2.18. The quantitative estimate of drug-likeness (QED) is 0.350. The van der Waals surface area contributed by atoms with Gasteiger partial charge in [0, 0.05) is 34.9 Å². The Morgan fingerprint density at radius 2 is 1.59 bits per heavy atom. The van der Waals surface area contributed by atoms with Crippen molar-refractivity contribution in [3.05, 3.63) is 56.6 Å². The molecule has 1 aromatic carbocycles. The summed E-state index contributed by atoms with van der Waals surface area (Å²) in [4.78, 5) is 43.9. The summed E-state index contributed by atoms with van der Waals surface area (Å²) in [6.07, 6.45) is 0.644. The van der Waals surface area contributed by atoms with Crippen LogP contribution in [-0.4, -0.2) is 39.3 Å². The lowest BCUT2D eigenvalue weighted by atomic mass is 10.2. The number of anilines is 1. The average Bonchev–Trinajstić information content (AvgIpc) is 2.78. The van der Waals surface area contributed by atoms with Crippen LogP contribution in [0.4, 0.5) is 11.4 Å². The Hall–Kier alpha value is -3.30. The first kappa shape index (κ1) is 15.1. The van der Waals surface area contributed by atoms with E-state index in [2.05, 4.69) is 5.32 Å². The predicted molar refractivity (Wildman–Crippen MR) is 73.4 cm³/mol. The number of nitrogens with one attached hydrogen (secondary N) is 1. The lowest BCUT2D eigenvalue weighted by molar-refractivity contribution is -0.514. The third-order valence-electron chi connectivity index (χ3n) is 2.92. The number of benzene rings is 1. The molecule has 1 aromatic rings. The number of hydrogen-bond acceptors (Lipinski definition) is 7. The summed E-state index contributed by atoms with van der Waals surface area (Å²) in [6.45, 7) is -0.450. The molecule has 0 aliphatic carbocycles. The highest BCUT2D eigenvalue weighted by molar-refractivity contribution is 6.12. The third kappa shape index (κ3) is 3.23. The largest absolute Gasteiger partial charge is 0.322 e. The van der Waals surface area contributed by atoms with E-state index in [-0.39, 0.29) is 11.4 Å². The van der Waals surface area contributed by atoms with Gasteiger partial charge in [0.15, 0.2) is 0 Å². The van der Waals surface area contributed by atoms with Crippen molar-refractivity contribution in [3.63, 3.8) is 0 Å². The minimum atomic E-state index is -1.42. The normalized spacial score (nSPS) is 15.0. The van der Waals surface area contributed by atoms with Crippen LogP contribution in [0.3, 0.4) is 0 Å². The van der Waals surface area contributed by atoms with Crippen LogP contribution in [0.2, 0.25) is 0 Å². The molecule has 2 rings (SSSR count). The molecule has 0 spiro atoms. The van der Waals surface area contributed by atoms with Gasteiger partial charge in [0.25, 0.3) is 17.5 Å². The van der Waals surface area contributed by atoms with Gasteiger partial charge in [0.2, 0.25) is 0 Å². The van der Waals surface area contributed by atoms with Crippen molar-refractivity contribution in [1.82, 2.24) is 4.90 Å². The van der Waals surface area contributed by atoms with E-state index < -0.39 is 34.4 Å². The van der Waals surface area contributed by atoms with Gasteiger partial charge in [-0.25, -0.2) is 0 Å². The molecule has 0 bridgehead atoms. The maximum Gasteiger partial charge on any atom is 0.302 e. The van der Waals surface area contributed by atoms with Crippen molar-refractivity contribution in [2.24, 2.45) is 0 Å². The Kier molecular flexibility index (Phi) is 4.11. The van der Waals surface area contributed by atoms with Crippen LogP contribution in [0, 0.1) is 20.2 Å². The van der Waals surface area contributed by atoms with Gasteiger partial charge in [-0.1, -0.05) is 0 Å². The number of non-ortho nitro benzene ring substituents is 1. The van der Waals surface area contributed by atoms with E-state index in [4.69, 9.17) is 0 Å². The third-order valence-corrected chi connectivity index (χ3v) is 2.92. The maximum absolute atomic E-state index is 11.4. The second kappa shape index (κ2) is 5.99. The minimum absolute atomic E-state index is 0.155. The Morgan fingerprint density at radius 3 is 2.05 bits per heavy atom. The fourth-order valence-electron chi connectivity index (χ4n) is 1.82. The summed E-state index contributed by atoms with van der Waals surface area (Å²) >= 11 is 0. The van der Waals surface area contributed by atoms with Crippen LogP contribution in [0.15, 0.2) is 36.4 Å². The Labute approximate surface area is 123 Å². The van der Waals surface area contributed by atoms with Crippen LogP contribution in [-0.2, 0) is 9.59 Å². The molecule has 1 aliphatic heterocycles. The van der Waals surface area contributed by atoms with Crippen molar-refractivity contribution >= 4 is 23.2 Å². The molecule has 1 unspecified atom stereocenters. The molecule has 0 saturated carbocycles. The zero-order chi connectivity index (χ0) is 16.3. The fourth-order valence-corrected chi connectivity index (χ4v) is 1.82. The van der Waals surface area contributed by atoms with E-state index in [1.54, 1.807) is 0 Å². The van der Waals surface area contributed by atoms with E-state index in [0.29, 0.717) is 0 Å². The summed E-state index contributed by atoms with van der Waals surface area (Å²) in [5.41, 5.74) is 0.108. The molecule has 1 aliphatic rings. The molecule has 1 heterocycles. The number of rotatable bonds is 6. The molecule has 0 fully saturated rings. The Bertz CT molecular complexity index is 651. The second-order valence-corrected chi connectivity index (χ2v) is 4.37. The maximum atomic E-state index is 11.4. The molecule has 1 N–H and O–H groups in total. The summed E-state index contributed by atoms with van der Waals surface area (Å²) in [7, 11) is 0. The molecule has 22 heavy (non-hydrogen) atoms. The molecule has 0 saturated heterocycles. The monoisotopic (exact) mass is 306 g/mol. The summed E-state index contributed by atoms with van der Waals surface area (Å²) < 4.78 is 0. The topological polar surface area (TPSA) is 136 Å². The standard InChI is InChI=1S/C12H10N4O6/c17-11-5-6-12(18)14(11)7-10(16(21)22)13-8-1-3-9(4-2-8)15(19)20/h1-6,10,13H,7H2. The Balaban J connectivity index is 2.09. The van der Waals surface area contributed by atoms with E-state index in [1.165, 1.54) is 24.3 Å². The number of hydrogen-bond donors (Lipinski definition) is 1. The van der Waals surface area contributed by atoms with Gasteiger partial charge in [-0.3, -0.25) is 34.7 Å². The van der Waals surface area contributed by atoms with Crippen LogP contribution in [0.25, 0.3) is 0 Å². The van der Waals surface area contributed by atoms with Crippen LogP contribution in [0.1, 0.15) is 0 Å². The minimum Gasteiger partial charge on any atom is -0.322 e. The molecular formula is C12H10N4O6. The molecule has 2 amide bonds. The first-order valence-corrected chi connectivity index (χ1v) is 6.06. The van der Waals surface area contributed by atoms with Crippen LogP contribution < -0.4 is 5.32 Å². The number of amides is 2. The number of nitro benzene ring substituents is 1. The van der Waals surface area contributed by atoms with Gasteiger partial charge in [-0.15, -0.1) is 0 Å². The van der Waals surface area contributed by atoms with Crippen LogP contribution in [0.5, 0.6) is 0 Å². The zero-order valence-electron chi connectivity index (χ0n) is 11.0. The first-order valence-electron chi connectivity index (χ1n) is 6.06. The SMILES string of the molecule is O=C1C=CC(=O)N1CC(Nc1ccc([N+](=O)[O-])cc1)[N+](=O)[O-]. The molecule has 10 heteroatoms. The van der Waals surface area contributed by atoms with E-state index >= 15 is 0 Å². The number of nitro groups is 2. The summed E-state index contributed by atoms with van der Waals surface area (Å²) in [5, 5.41) is 24.1. The van der Waals surface area contributed by atoms with E-state index in [1.807, 2.05) is 0 Å². The number of carbonyl (C=O) groups excluding carboxylic acids is 2. The molecular weight excluding hydrogens is 296 g/mol. The molecule has 0 aromatic heterocycles. The van der Waals surface area contributed by atoms with Crippen molar-refractivity contribution in [2.75, 3.05) is 11.9 Å². The van der Waals surface area contributed by atoms with Gasteiger partial charge in [-0.05, 0) is 12.1 Å². The van der Waals surface area contributed by atoms with Gasteiger partial charge in [0.05, 0.1) is 4.92 Å². The smallest absolute Gasteiger partial charge is 0.302 e. The summed E-state index contributed by atoms with van der Waals surface area (Å²) in [6, 6.07) is 4.99. The molecule has 0 radical (unpaired) electrons. The van der Waals surface area contributed by atoms with Crippen molar-refractivity contribution in [1.29, 1.82) is 0 Å². The fraction of sp³-hybridized carbons (Fsp3) is 0.167. The van der Waals surface area contributed by atoms with Crippen molar-refractivity contribution < 1.29 is 19.4 Å². The Morgan fingerprint density at radius 1 is 1.05 bits per heavy atom.